The molecule has 0 saturated heterocycles. The number of carbonyl (C=O) groups excluding carboxylic acids is 1. The van der Waals surface area contributed by atoms with E-state index in [1.165, 1.54) is 11.3 Å². The lowest BCUT2D eigenvalue weighted by Gasteiger charge is -2.19. The molecule has 1 aromatic carbocycles. The number of carbonyl (C=O) groups is 1. The number of nitrogens with two attached hydrogens (primary N) is 1. The largest absolute Gasteiger partial charge is 0.493 e. The Labute approximate surface area is 127 Å². The number of rotatable bonds is 5. The number of thiophene rings is 1. The molecular formula is C15H18N2O3S. The van der Waals surface area contributed by atoms with Crippen molar-refractivity contribution in [3.8, 4) is 11.5 Å². The molecule has 0 aliphatic rings. The number of anilines is 1. The lowest BCUT2D eigenvalue weighted by Crippen LogP contribution is -2.26. The molecule has 0 aliphatic heterocycles. The highest BCUT2D eigenvalue weighted by Crippen LogP contribution is 2.31. The lowest BCUT2D eigenvalue weighted by molar-refractivity contribution is 0.0789. The summed E-state index contributed by atoms with van der Waals surface area (Å²) in [6.45, 7) is 0.413. The van der Waals surface area contributed by atoms with Gasteiger partial charge in [0, 0.05) is 19.2 Å². The molecule has 0 aliphatic carbocycles. The van der Waals surface area contributed by atoms with Crippen LogP contribution in [-0.2, 0) is 6.54 Å². The van der Waals surface area contributed by atoms with E-state index in [0.717, 1.165) is 5.56 Å². The zero-order valence-corrected chi connectivity index (χ0v) is 13.1. The fraction of sp³-hybridized carbons (Fsp3) is 0.267. The number of nitrogen functional groups attached to an aromatic ring is 1. The molecule has 1 aromatic heterocycles. The van der Waals surface area contributed by atoms with Gasteiger partial charge < -0.3 is 20.1 Å². The molecule has 2 N–H and O–H groups in total. The molecule has 0 unspecified atom stereocenters. The summed E-state index contributed by atoms with van der Waals surface area (Å²) in [5, 5.41) is 1.81. The molecule has 21 heavy (non-hydrogen) atoms. The molecule has 0 bridgehead atoms. The van der Waals surface area contributed by atoms with Crippen molar-refractivity contribution >= 4 is 22.9 Å². The van der Waals surface area contributed by atoms with Crippen LogP contribution in [0.3, 0.4) is 0 Å². The van der Waals surface area contributed by atoms with E-state index in [1.807, 2.05) is 23.6 Å². The highest BCUT2D eigenvalue weighted by atomic mass is 32.1. The van der Waals surface area contributed by atoms with E-state index in [1.54, 1.807) is 32.2 Å². The molecule has 0 radical (unpaired) electrons. The van der Waals surface area contributed by atoms with Crippen LogP contribution in [0.4, 0.5) is 5.69 Å². The molecule has 1 amide bonds. The number of benzene rings is 1. The smallest absolute Gasteiger partial charge is 0.266 e. The minimum Gasteiger partial charge on any atom is -0.493 e. The van der Waals surface area contributed by atoms with Gasteiger partial charge in [0.25, 0.3) is 5.91 Å². The summed E-state index contributed by atoms with van der Waals surface area (Å²) in [5.74, 6) is 1.18. The summed E-state index contributed by atoms with van der Waals surface area (Å²) in [5.41, 5.74) is 7.18. The third kappa shape index (κ3) is 3.11. The number of ether oxygens (including phenoxy) is 2. The van der Waals surface area contributed by atoms with E-state index >= 15 is 0 Å². The number of hydrogen-bond acceptors (Lipinski definition) is 5. The zero-order chi connectivity index (χ0) is 15.4. The van der Waals surface area contributed by atoms with E-state index in [0.29, 0.717) is 28.6 Å². The number of nitrogens with zero attached hydrogens (tertiary/aromatic N) is 1. The summed E-state index contributed by atoms with van der Waals surface area (Å²) in [4.78, 5) is 14.5. The van der Waals surface area contributed by atoms with Crippen LogP contribution in [0.15, 0.2) is 29.6 Å². The Balaban J connectivity index is 2.22. The van der Waals surface area contributed by atoms with Gasteiger partial charge in [-0.3, -0.25) is 4.79 Å². The highest BCUT2D eigenvalue weighted by Gasteiger charge is 2.18. The van der Waals surface area contributed by atoms with Crippen molar-refractivity contribution in [2.75, 3.05) is 27.0 Å². The second kappa shape index (κ2) is 6.49. The van der Waals surface area contributed by atoms with Crippen LogP contribution < -0.4 is 15.2 Å². The number of hydrogen-bond donors (Lipinski definition) is 1. The Kier molecular flexibility index (Phi) is 4.70. The van der Waals surface area contributed by atoms with Gasteiger partial charge in [0.05, 0.1) is 19.9 Å². The maximum Gasteiger partial charge on any atom is 0.266 e. The topological polar surface area (TPSA) is 64.8 Å². The van der Waals surface area contributed by atoms with Crippen LogP contribution in [0, 0.1) is 0 Å². The first-order valence-corrected chi connectivity index (χ1v) is 7.24. The molecule has 5 nitrogen and oxygen atoms in total. The number of para-hydroxylation sites is 1. The predicted molar refractivity (Wildman–Crippen MR) is 84.1 cm³/mol. The van der Waals surface area contributed by atoms with Crippen molar-refractivity contribution in [1.82, 2.24) is 4.90 Å². The number of amides is 1. The minimum absolute atomic E-state index is 0.104. The van der Waals surface area contributed by atoms with Crippen molar-refractivity contribution in [3.05, 3.63) is 40.1 Å². The van der Waals surface area contributed by atoms with Gasteiger partial charge in [-0.25, -0.2) is 0 Å². The summed E-state index contributed by atoms with van der Waals surface area (Å²) in [6, 6.07) is 7.33. The SMILES string of the molecule is COc1cccc(CN(C)C(=O)c2sccc2N)c1OC. The minimum atomic E-state index is -0.104. The Morgan fingerprint density at radius 3 is 2.62 bits per heavy atom. The van der Waals surface area contributed by atoms with Gasteiger partial charge in [-0.15, -0.1) is 11.3 Å². The maximum atomic E-state index is 12.4. The van der Waals surface area contributed by atoms with Crippen LogP contribution in [0.5, 0.6) is 11.5 Å². The first-order chi connectivity index (χ1) is 10.1. The molecule has 0 atom stereocenters. The molecular weight excluding hydrogens is 288 g/mol. The van der Waals surface area contributed by atoms with Gasteiger partial charge >= 0.3 is 0 Å². The summed E-state index contributed by atoms with van der Waals surface area (Å²) in [6.07, 6.45) is 0. The Morgan fingerprint density at radius 2 is 2.05 bits per heavy atom. The Bertz CT molecular complexity index is 640. The fourth-order valence-electron chi connectivity index (χ4n) is 2.07. The van der Waals surface area contributed by atoms with Crippen molar-refractivity contribution in [2.45, 2.75) is 6.54 Å². The summed E-state index contributed by atoms with van der Waals surface area (Å²) < 4.78 is 10.6. The van der Waals surface area contributed by atoms with Gasteiger partial charge in [-0.2, -0.15) is 0 Å². The molecule has 2 rings (SSSR count). The molecule has 0 spiro atoms. The second-order valence-electron chi connectivity index (χ2n) is 4.52. The standard InChI is InChI=1S/C15H18N2O3S/c1-17(15(18)14-11(16)7-8-21-14)9-10-5-4-6-12(19-2)13(10)20-3/h4-8H,9,16H2,1-3H3. The average Bonchev–Trinajstić information content (AvgIpc) is 2.92. The van der Waals surface area contributed by atoms with Crippen LogP contribution >= 0.6 is 11.3 Å². The first-order valence-electron chi connectivity index (χ1n) is 6.36. The van der Waals surface area contributed by atoms with Gasteiger partial charge in [0.1, 0.15) is 4.88 Å². The molecule has 0 saturated carbocycles. The summed E-state index contributed by atoms with van der Waals surface area (Å²) in [7, 11) is 4.91. The van der Waals surface area contributed by atoms with E-state index in [9.17, 15) is 4.79 Å². The highest BCUT2D eigenvalue weighted by molar-refractivity contribution is 7.12. The zero-order valence-electron chi connectivity index (χ0n) is 12.3. The predicted octanol–water partition coefficient (Wildman–Crippen LogP) is 2.62. The van der Waals surface area contributed by atoms with E-state index in [4.69, 9.17) is 15.2 Å². The second-order valence-corrected chi connectivity index (χ2v) is 5.44. The lowest BCUT2D eigenvalue weighted by atomic mass is 10.1. The Morgan fingerprint density at radius 1 is 1.29 bits per heavy atom. The van der Waals surface area contributed by atoms with Crippen molar-refractivity contribution in [2.24, 2.45) is 0 Å². The van der Waals surface area contributed by atoms with Gasteiger partial charge in [0.15, 0.2) is 11.5 Å². The van der Waals surface area contributed by atoms with E-state index < -0.39 is 0 Å². The first kappa shape index (κ1) is 15.2. The maximum absolute atomic E-state index is 12.4. The molecule has 0 fully saturated rings. The monoisotopic (exact) mass is 306 g/mol. The van der Waals surface area contributed by atoms with Gasteiger partial charge in [0.2, 0.25) is 0 Å². The van der Waals surface area contributed by atoms with Crippen LogP contribution in [-0.4, -0.2) is 32.1 Å². The fourth-order valence-corrected chi connectivity index (χ4v) is 2.88. The van der Waals surface area contributed by atoms with Gasteiger partial charge in [-0.05, 0) is 17.5 Å². The molecule has 2 aromatic rings. The van der Waals surface area contributed by atoms with E-state index in [-0.39, 0.29) is 5.91 Å². The van der Waals surface area contributed by atoms with Crippen LogP contribution in [0.1, 0.15) is 15.2 Å². The quantitative estimate of drug-likeness (QED) is 0.922. The summed E-state index contributed by atoms with van der Waals surface area (Å²) >= 11 is 1.34. The van der Waals surface area contributed by atoms with E-state index in [2.05, 4.69) is 0 Å². The van der Waals surface area contributed by atoms with Crippen molar-refractivity contribution < 1.29 is 14.3 Å². The van der Waals surface area contributed by atoms with Crippen LogP contribution in [0.2, 0.25) is 0 Å². The van der Waals surface area contributed by atoms with Crippen molar-refractivity contribution in [1.29, 1.82) is 0 Å². The molecule has 1 heterocycles. The normalized spacial score (nSPS) is 10.2. The Hall–Kier alpha value is -2.21. The molecule has 112 valence electrons. The average molecular weight is 306 g/mol. The molecule has 6 heteroatoms. The van der Waals surface area contributed by atoms with Gasteiger partial charge in [-0.1, -0.05) is 12.1 Å². The number of methoxy groups -OCH3 is 2. The van der Waals surface area contributed by atoms with Crippen molar-refractivity contribution in [3.63, 3.8) is 0 Å². The third-order valence-electron chi connectivity index (χ3n) is 3.13. The third-order valence-corrected chi connectivity index (χ3v) is 4.05. The van der Waals surface area contributed by atoms with Crippen LogP contribution in [0.25, 0.3) is 0 Å².